The molecule has 0 aliphatic heterocycles. The Bertz CT molecular complexity index is 767. The maximum Gasteiger partial charge on any atom is 0.119 e. The number of likely N-dealkylation sites (N-methyl/N-ethyl adjacent to an activating group) is 1. The topological polar surface area (TPSA) is 46.4 Å². The van der Waals surface area contributed by atoms with Crippen LogP contribution in [0.4, 0.5) is 0 Å². The molecule has 2 atom stereocenters. The summed E-state index contributed by atoms with van der Waals surface area (Å²) in [6.45, 7) is 0.523. The zero-order valence-corrected chi connectivity index (χ0v) is 13.4. The maximum atomic E-state index is 10.7. The van der Waals surface area contributed by atoms with Crippen LogP contribution in [0.15, 0.2) is 60.8 Å². The fourth-order valence-corrected chi connectivity index (χ4v) is 3.05. The SMILES string of the molecule is CNC[C@@H](O)[C@H](c1ccccc1)n1ccc2cc(OC)ccc21. The molecule has 23 heavy (non-hydrogen) atoms. The molecule has 4 nitrogen and oxygen atoms in total. The van der Waals surface area contributed by atoms with E-state index in [1.54, 1.807) is 7.11 Å². The predicted octanol–water partition coefficient (Wildman–Crippen LogP) is 2.82. The highest BCUT2D eigenvalue weighted by molar-refractivity contribution is 5.82. The minimum Gasteiger partial charge on any atom is -0.497 e. The average molecular weight is 310 g/mol. The molecule has 0 amide bonds. The van der Waals surface area contributed by atoms with Crippen molar-refractivity contribution in [1.82, 2.24) is 9.88 Å². The number of aromatic nitrogens is 1. The highest BCUT2D eigenvalue weighted by Gasteiger charge is 2.23. The van der Waals surface area contributed by atoms with E-state index in [9.17, 15) is 5.11 Å². The third kappa shape index (κ3) is 3.09. The second kappa shape index (κ2) is 6.86. The molecule has 0 radical (unpaired) electrons. The Morgan fingerprint density at radius 1 is 1.13 bits per heavy atom. The monoisotopic (exact) mass is 310 g/mol. The van der Waals surface area contributed by atoms with Crippen molar-refractivity contribution in [2.45, 2.75) is 12.1 Å². The first kappa shape index (κ1) is 15.6. The molecule has 1 heterocycles. The molecule has 120 valence electrons. The Morgan fingerprint density at radius 2 is 1.91 bits per heavy atom. The first-order chi connectivity index (χ1) is 11.2. The summed E-state index contributed by atoms with van der Waals surface area (Å²) in [5, 5.41) is 14.8. The summed E-state index contributed by atoms with van der Waals surface area (Å²) in [4.78, 5) is 0. The summed E-state index contributed by atoms with van der Waals surface area (Å²) in [5.41, 5.74) is 2.17. The molecule has 4 heteroatoms. The predicted molar refractivity (Wildman–Crippen MR) is 93.0 cm³/mol. The number of rotatable bonds is 6. The summed E-state index contributed by atoms with van der Waals surface area (Å²) in [6, 6.07) is 18.0. The van der Waals surface area contributed by atoms with E-state index in [1.165, 1.54) is 0 Å². The van der Waals surface area contributed by atoms with E-state index in [-0.39, 0.29) is 6.04 Å². The number of benzene rings is 2. The lowest BCUT2D eigenvalue weighted by Crippen LogP contribution is -2.33. The van der Waals surface area contributed by atoms with Gasteiger partial charge in [-0.15, -0.1) is 0 Å². The number of hydrogen-bond acceptors (Lipinski definition) is 3. The van der Waals surface area contributed by atoms with Crippen molar-refractivity contribution in [3.8, 4) is 5.75 Å². The van der Waals surface area contributed by atoms with Gasteiger partial charge in [0.25, 0.3) is 0 Å². The summed E-state index contributed by atoms with van der Waals surface area (Å²) in [6.07, 6.45) is 1.50. The molecule has 0 bridgehead atoms. The van der Waals surface area contributed by atoms with Gasteiger partial charge in [-0.05, 0) is 36.9 Å². The number of methoxy groups -OCH3 is 1. The van der Waals surface area contributed by atoms with Crippen LogP contribution in [0.3, 0.4) is 0 Å². The van der Waals surface area contributed by atoms with E-state index in [0.717, 1.165) is 22.2 Å². The van der Waals surface area contributed by atoms with Gasteiger partial charge in [-0.3, -0.25) is 0 Å². The number of ether oxygens (including phenoxy) is 1. The minimum absolute atomic E-state index is 0.144. The van der Waals surface area contributed by atoms with Crippen LogP contribution < -0.4 is 10.1 Å². The number of hydrogen-bond donors (Lipinski definition) is 2. The van der Waals surface area contributed by atoms with E-state index in [0.29, 0.717) is 6.54 Å². The lowest BCUT2D eigenvalue weighted by atomic mass is 10.0. The van der Waals surface area contributed by atoms with E-state index < -0.39 is 6.10 Å². The number of nitrogens with zero attached hydrogens (tertiary/aromatic N) is 1. The molecule has 0 aliphatic carbocycles. The van der Waals surface area contributed by atoms with E-state index in [4.69, 9.17) is 4.74 Å². The van der Waals surface area contributed by atoms with E-state index in [1.807, 2.05) is 49.6 Å². The molecule has 0 saturated heterocycles. The molecule has 1 aromatic heterocycles. The Hall–Kier alpha value is -2.30. The van der Waals surface area contributed by atoms with Crippen LogP contribution in [0.1, 0.15) is 11.6 Å². The molecule has 0 saturated carbocycles. The van der Waals surface area contributed by atoms with Crippen LogP contribution >= 0.6 is 0 Å². The Kier molecular flexibility index (Phi) is 4.65. The van der Waals surface area contributed by atoms with Crippen LogP contribution in [-0.2, 0) is 0 Å². The van der Waals surface area contributed by atoms with Gasteiger partial charge in [-0.25, -0.2) is 0 Å². The molecule has 2 aromatic carbocycles. The molecular weight excluding hydrogens is 288 g/mol. The molecule has 0 spiro atoms. The number of aliphatic hydroxyl groups is 1. The lowest BCUT2D eigenvalue weighted by Gasteiger charge is -2.26. The van der Waals surface area contributed by atoms with Crippen LogP contribution in [0.2, 0.25) is 0 Å². The maximum absolute atomic E-state index is 10.7. The summed E-state index contributed by atoms with van der Waals surface area (Å²) >= 11 is 0. The summed E-state index contributed by atoms with van der Waals surface area (Å²) in [5.74, 6) is 0.835. The largest absolute Gasteiger partial charge is 0.497 e. The van der Waals surface area contributed by atoms with E-state index >= 15 is 0 Å². The average Bonchev–Trinajstić information content (AvgIpc) is 2.99. The van der Waals surface area contributed by atoms with Gasteiger partial charge in [0.05, 0.1) is 19.3 Å². The Labute approximate surface area is 136 Å². The van der Waals surface area contributed by atoms with Crippen LogP contribution in [0, 0.1) is 0 Å². The molecule has 2 N–H and O–H groups in total. The van der Waals surface area contributed by atoms with Gasteiger partial charge in [-0.2, -0.15) is 0 Å². The minimum atomic E-state index is -0.528. The zero-order valence-electron chi connectivity index (χ0n) is 13.4. The molecule has 3 aromatic rings. The third-order valence-electron chi connectivity index (χ3n) is 4.15. The highest BCUT2D eigenvalue weighted by atomic mass is 16.5. The second-order valence-corrected chi connectivity index (χ2v) is 5.63. The first-order valence-corrected chi connectivity index (χ1v) is 7.77. The fourth-order valence-electron chi connectivity index (χ4n) is 3.05. The van der Waals surface area contributed by atoms with Gasteiger partial charge >= 0.3 is 0 Å². The summed E-state index contributed by atoms with van der Waals surface area (Å²) in [7, 11) is 3.52. The van der Waals surface area contributed by atoms with Crippen molar-refractivity contribution in [3.63, 3.8) is 0 Å². The van der Waals surface area contributed by atoms with Crippen molar-refractivity contribution in [2.24, 2.45) is 0 Å². The standard InChI is InChI=1S/C19H22N2O2/c1-20-13-18(22)19(14-6-4-3-5-7-14)21-11-10-15-12-16(23-2)8-9-17(15)21/h3-12,18-20,22H,13H2,1-2H3/t18-,19+/m1/s1. The summed E-state index contributed by atoms with van der Waals surface area (Å²) < 4.78 is 7.43. The Morgan fingerprint density at radius 3 is 2.61 bits per heavy atom. The molecular formula is C19H22N2O2. The Balaban J connectivity index is 2.09. The van der Waals surface area contributed by atoms with E-state index in [2.05, 4.69) is 28.1 Å². The number of nitrogens with one attached hydrogen (secondary N) is 1. The second-order valence-electron chi connectivity index (χ2n) is 5.63. The van der Waals surface area contributed by atoms with Gasteiger partial charge < -0.3 is 19.7 Å². The van der Waals surface area contributed by atoms with Crippen molar-refractivity contribution >= 4 is 10.9 Å². The van der Waals surface area contributed by atoms with Gasteiger partial charge in [0.15, 0.2) is 0 Å². The number of fused-ring (bicyclic) bond motifs is 1. The number of aliphatic hydroxyl groups excluding tert-OH is 1. The van der Waals surface area contributed by atoms with Gasteiger partial charge in [0.2, 0.25) is 0 Å². The first-order valence-electron chi connectivity index (χ1n) is 7.77. The van der Waals surface area contributed by atoms with Crippen LogP contribution in [-0.4, -0.2) is 36.5 Å². The van der Waals surface area contributed by atoms with Crippen LogP contribution in [0.5, 0.6) is 5.75 Å². The zero-order chi connectivity index (χ0) is 16.2. The van der Waals surface area contributed by atoms with Gasteiger partial charge in [0, 0.05) is 23.6 Å². The molecule has 3 rings (SSSR count). The van der Waals surface area contributed by atoms with Crippen molar-refractivity contribution in [2.75, 3.05) is 20.7 Å². The van der Waals surface area contributed by atoms with Crippen molar-refractivity contribution in [3.05, 3.63) is 66.4 Å². The van der Waals surface area contributed by atoms with Crippen molar-refractivity contribution in [1.29, 1.82) is 0 Å². The lowest BCUT2D eigenvalue weighted by molar-refractivity contribution is 0.132. The van der Waals surface area contributed by atoms with Gasteiger partial charge in [0.1, 0.15) is 5.75 Å². The highest BCUT2D eigenvalue weighted by Crippen LogP contribution is 2.29. The van der Waals surface area contributed by atoms with Crippen molar-refractivity contribution < 1.29 is 9.84 Å². The normalized spacial score (nSPS) is 13.9. The third-order valence-corrected chi connectivity index (χ3v) is 4.15. The van der Waals surface area contributed by atoms with Crippen LogP contribution in [0.25, 0.3) is 10.9 Å². The smallest absolute Gasteiger partial charge is 0.119 e. The molecule has 0 unspecified atom stereocenters. The molecule has 0 fully saturated rings. The van der Waals surface area contributed by atoms with Gasteiger partial charge in [-0.1, -0.05) is 30.3 Å². The molecule has 0 aliphatic rings. The fraction of sp³-hybridized carbons (Fsp3) is 0.263. The quantitative estimate of drug-likeness (QED) is 0.736.